The van der Waals surface area contributed by atoms with Gasteiger partial charge in [-0.25, -0.2) is 4.98 Å². The number of anilines is 1. The number of hydrogen-bond acceptors (Lipinski definition) is 5. The minimum atomic E-state index is 0.0482. The molecule has 2 aliphatic heterocycles. The van der Waals surface area contributed by atoms with E-state index in [9.17, 15) is 4.79 Å². The van der Waals surface area contributed by atoms with Crippen LogP contribution in [0.5, 0.6) is 0 Å². The van der Waals surface area contributed by atoms with Gasteiger partial charge in [0, 0.05) is 32.4 Å². The van der Waals surface area contributed by atoms with E-state index in [1.54, 1.807) is 12.3 Å². The number of pyridine rings is 1. The molecule has 1 aromatic rings. The molecule has 0 saturated carbocycles. The van der Waals surface area contributed by atoms with Gasteiger partial charge in [0.25, 0.3) is 0 Å². The maximum atomic E-state index is 12.9. The van der Waals surface area contributed by atoms with Crippen molar-refractivity contribution in [1.82, 2.24) is 14.8 Å². The fourth-order valence-electron chi connectivity index (χ4n) is 3.57. The van der Waals surface area contributed by atoms with E-state index in [0.29, 0.717) is 5.56 Å². The van der Waals surface area contributed by atoms with Gasteiger partial charge >= 0.3 is 0 Å². The zero-order valence-corrected chi connectivity index (χ0v) is 14.3. The minimum Gasteiger partial charge on any atom is -0.353 e. The number of piperazine rings is 1. The van der Waals surface area contributed by atoms with Gasteiger partial charge in [-0.1, -0.05) is 12.8 Å². The summed E-state index contributed by atoms with van der Waals surface area (Å²) in [5.74, 6) is 1.17. The Hall–Kier alpha value is -2.13. The third-order valence-electron chi connectivity index (χ3n) is 5.10. The molecule has 2 aliphatic rings. The first kappa shape index (κ1) is 16.7. The lowest BCUT2D eigenvalue weighted by Crippen LogP contribution is -2.54. The summed E-state index contributed by atoms with van der Waals surface area (Å²) in [6, 6.07) is 5.81. The number of nitrogens with zero attached hydrogens (tertiary/aromatic N) is 5. The van der Waals surface area contributed by atoms with Crippen LogP contribution in [0.15, 0.2) is 18.3 Å². The van der Waals surface area contributed by atoms with Crippen LogP contribution in [0.4, 0.5) is 5.82 Å². The van der Waals surface area contributed by atoms with Crippen LogP contribution in [0.3, 0.4) is 0 Å². The first-order valence-corrected chi connectivity index (χ1v) is 8.79. The molecule has 24 heavy (non-hydrogen) atoms. The van der Waals surface area contributed by atoms with E-state index in [1.807, 2.05) is 11.0 Å². The third kappa shape index (κ3) is 3.68. The van der Waals surface area contributed by atoms with Gasteiger partial charge < -0.3 is 9.80 Å². The molecule has 6 heteroatoms. The highest BCUT2D eigenvalue weighted by atomic mass is 16.2. The Bertz CT molecular complexity index is 601. The number of aromatic nitrogens is 1. The van der Waals surface area contributed by atoms with Crippen molar-refractivity contribution >= 4 is 11.7 Å². The van der Waals surface area contributed by atoms with E-state index >= 15 is 0 Å². The lowest BCUT2D eigenvalue weighted by Gasteiger charge is -2.38. The molecule has 1 amide bonds. The summed E-state index contributed by atoms with van der Waals surface area (Å²) >= 11 is 0. The van der Waals surface area contributed by atoms with Crippen LogP contribution in [-0.4, -0.2) is 66.5 Å². The second-order valence-corrected chi connectivity index (χ2v) is 6.67. The van der Waals surface area contributed by atoms with Crippen LogP contribution in [-0.2, 0) is 4.79 Å². The number of nitriles is 1. The van der Waals surface area contributed by atoms with Crippen LogP contribution in [0.1, 0.15) is 31.2 Å². The monoisotopic (exact) mass is 327 g/mol. The predicted molar refractivity (Wildman–Crippen MR) is 92.6 cm³/mol. The molecule has 2 fully saturated rings. The standard InChI is InChI=1S/C18H25N5O/c1-21-8-4-2-3-5-16(21)18(24)23-11-9-22(10-12-23)17-7-6-15(13-19)14-20-17/h6-7,14,16H,2-5,8-12H2,1H3. The van der Waals surface area contributed by atoms with Gasteiger partial charge in [0.2, 0.25) is 5.91 Å². The number of carbonyl (C=O) groups excluding carboxylic acids is 1. The molecule has 1 atom stereocenters. The van der Waals surface area contributed by atoms with Crippen molar-refractivity contribution in [2.45, 2.75) is 31.7 Å². The summed E-state index contributed by atoms with van der Waals surface area (Å²) in [5.41, 5.74) is 0.573. The normalized spacial score (nSPS) is 22.8. The number of hydrogen-bond donors (Lipinski definition) is 0. The van der Waals surface area contributed by atoms with E-state index in [-0.39, 0.29) is 11.9 Å². The minimum absolute atomic E-state index is 0.0482. The summed E-state index contributed by atoms with van der Waals surface area (Å²) in [7, 11) is 2.07. The first-order valence-electron chi connectivity index (χ1n) is 8.79. The fraction of sp³-hybridized carbons (Fsp3) is 0.611. The van der Waals surface area contributed by atoms with Crippen molar-refractivity contribution in [2.24, 2.45) is 0 Å². The topological polar surface area (TPSA) is 63.5 Å². The van der Waals surface area contributed by atoms with E-state index in [4.69, 9.17) is 5.26 Å². The molecule has 6 nitrogen and oxygen atoms in total. The number of carbonyl (C=O) groups is 1. The fourth-order valence-corrected chi connectivity index (χ4v) is 3.57. The number of likely N-dealkylation sites (N-methyl/N-ethyl adjacent to an activating group) is 1. The lowest BCUT2D eigenvalue weighted by molar-refractivity contribution is -0.136. The number of rotatable bonds is 2. The van der Waals surface area contributed by atoms with Crippen molar-refractivity contribution in [3.8, 4) is 6.07 Å². The Kier molecular flexibility index (Phi) is 5.31. The lowest BCUT2D eigenvalue weighted by atomic mass is 10.1. The molecule has 1 aromatic heterocycles. The van der Waals surface area contributed by atoms with E-state index in [0.717, 1.165) is 51.4 Å². The van der Waals surface area contributed by atoms with E-state index in [2.05, 4.69) is 27.9 Å². The third-order valence-corrected chi connectivity index (χ3v) is 5.10. The van der Waals surface area contributed by atoms with Crippen LogP contribution >= 0.6 is 0 Å². The van der Waals surface area contributed by atoms with Crippen molar-refractivity contribution in [3.63, 3.8) is 0 Å². The summed E-state index contributed by atoms with van der Waals surface area (Å²) in [4.78, 5) is 23.6. The van der Waals surface area contributed by atoms with Crippen LogP contribution < -0.4 is 4.90 Å². The molecule has 0 N–H and O–H groups in total. The van der Waals surface area contributed by atoms with Gasteiger partial charge in [-0.15, -0.1) is 0 Å². The SMILES string of the molecule is CN1CCCCCC1C(=O)N1CCN(c2ccc(C#N)cn2)CC1. The van der Waals surface area contributed by atoms with Crippen molar-refractivity contribution in [3.05, 3.63) is 23.9 Å². The Morgan fingerprint density at radius 3 is 2.62 bits per heavy atom. The quantitative estimate of drug-likeness (QED) is 0.823. The van der Waals surface area contributed by atoms with Gasteiger partial charge in [-0.3, -0.25) is 9.69 Å². The number of likely N-dealkylation sites (tertiary alicyclic amines) is 1. The van der Waals surface area contributed by atoms with Crippen molar-refractivity contribution in [1.29, 1.82) is 5.26 Å². The molecule has 2 saturated heterocycles. The van der Waals surface area contributed by atoms with Gasteiger partial charge in [0.15, 0.2) is 0 Å². The molecule has 128 valence electrons. The first-order chi connectivity index (χ1) is 11.7. The Morgan fingerprint density at radius 1 is 1.17 bits per heavy atom. The molecular formula is C18H25N5O. The second-order valence-electron chi connectivity index (χ2n) is 6.67. The average molecular weight is 327 g/mol. The summed E-state index contributed by atoms with van der Waals surface area (Å²) in [6.07, 6.45) is 6.15. The van der Waals surface area contributed by atoms with Crippen molar-refractivity contribution < 1.29 is 4.79 Å². The van der Waals surface area contributed by atoms with Crippen LogP contribution in [0.2, 0.25) is 0 Å². The molecular weight excluding hydrogens is 302 g/mol. The molecule has 1 unspecified atom stereocenters. The molecule has 0 bridgehead atoms. The van der Waals surface area contributed by atoms with E-state index in [1.165, 1.54) is 12.8 Å². The Labute approximate surface area is 143 Å². The highest BCUT2D eigenvalue weighted by Gasteiger charge is 2.30. The Balaban J connectivity index is 1.57. The number of amides is 1. The van der Waals surface area contributed by atoms with Crippen molar-refractivity contribution in [2.75, 3.05) is 44.7 Å². The zero-order chi connectivity index (χ0) is 16.9. The predicted octanol–water partition coefficient (Wildman–Crippen LogP) is 1.48. The van der Waals surface area contributed by atoms with Gasteiger partial charge in [0.1, 0.15) is 11.9 Å². The highest BCUT2D eigenvalue weighted by molar-refractivity contribution is 5.82. The van der Waals surface area contributed by atoms with E-state index < -0.39 is 0 Å². The average Bonchev–Trinajstić information content (AvgIpc) is 2.86. The summed E-state index contributed by atoms with van der Waals surface area (Å²) in [5, 5.41) is 8.85. The maximum absolute atomic E-state index is 12.9. The highest BCUT2D eigenvalue weighted by Crippen LogP contribution is 2.19. The largest absolute Gasteiger partial charge is 0.353 e. The molecule has 0 radical (unpaired) electrons. The Morgan fingerprint density at radius 2 is 1.96 bits per heavy atom. The second kappa shape index (κ2) is 7.63. The van der Waals surface area contributed by atoms with Crippen LogP contribution in [0.25, 0.3) is 0 Å². The zero-order valence-electron chi connectivity index (χ0n) is 14.3. The van der Waals surface area contributed by atoms with Gasteiger partial charge in [-0.2, -0.15) is 5.26 Å². The van der Waals surface area contributed by atoms with Gasteiger partial charge in [0.05, 0.1) is 11.6 Å². The summed E-state index contributed by atoms with van der Waals surface area (Å²) in [6.45, 7) is 4.09. The van der Waals surface area contributed by atoms with Crippen LogP contribution in [0, 0.1) is 11.3 Å². The molecule has 0 aliphatic carbocycles. The smallest absolute Gasteiger partial charge is 0.240 e. The molecule has 0 spiro atoms. The molecule has 3 rings (SSSR count). The summed E-state index contributed by atoms with van der Waals surface area (Å²) < 4.78 is 0. The maximum Gasteiger partial charge on any atom is 0.240 e. The molecule has 0 aromatic carbocycles. The molecule has 3 heterocycles. The van der Waals surface area contributed by atoms with Gasteiger partial charge in [-0.05, 0) is 38.6 Å².